The second kappa shape index (κ2) is 9.14. The van der Waals surface area contributed by atoms with Gasteiger partial charge in [0.1, 0.15) is 17.3 Å². The SMILES string of the molecule is CNC(=O)c1cc(F)c(-c2nc3cc(C)ccn3c2CC2CN(C(=O)OC)CCN2)c(F)c1. The first-order chi connectivity index (χ1) is 15.8. The standard InChI is InChI=1S/C23H25F2N5O3/c1-13-4-6-30-18(11-15-12-29(7-5-27-15)23(32)33-3)21(28-19(30)8-13)20-16(24)9-14(10-17(20)25)22(31)26-2/h4,6,8-10,15,27H,5,7,11-12H2,1-3H3,(H,26,31). The fourth-order valence-electron chi connectivity index (χ4n) is 4.16. The van der Waals surface area contributed by atoms with Crippen molar-refractivity contribution in [1.82, 2.24) is 24.9 Å². The number of piperazine rings is 1. The first-order valence-corrected chi connectivity index (χ1v) is 10.6. The molecule has 174 valence electrons. The number of aromatic nitrogens is 2. The molecule has 1 aliphatic heterocycles. The second-order valence-corrected chi connectivity index (χ2v) is 8.00. The van der Waals surface area contributed by atoms with Gasteiger partial charge in [-0.2, -0.15) is 0 Å². The third-order valence-electron chi connectivity index (χ3n) is 5.78. The van der Waals surface area contributed by atoms with Crippen LogP contribution in [-0.2, 0) is 11.2 Å². The van der Waals surface area contributed by atoms with Crippen LogP contribution in [0.1, 0.15) is 21.6 Å². The van der Waals surface area contributed by atoms with E-state index in [1.165, 1.54) is 14.2 Å². The summed E-state index contributed by atoms with van der Waals surface area (Å²) >= 11 is 0. The van der Waals surface area contributed by atoms with Crippen molar-refractivity contribution in [3.8, 4) is 11.3 Å². The first-order valence-electron chi connectivity index (χ1n) is 10.6. The number of methoxy groups -OCH3 is 1. The Morgan fingerprint density at radius 3 is 2.67 bits per heavy atom. The van der Waals surface area contributed by atoms with Gasteiger partial charge in [0.25, 0.3) is 5.91 Å². The van der Waals surface area contributed by atoms with Gasteiger partial charge in [-0.3, -0.25) is 4.79 Å². The summed E-state index contributed by atoms with van der Waals surface area (Å²) in [6, 6.07) is 5.56. The fourth-order valence-corrected chi connectivity index (χ4v) is 4.16. The van der Waals surface area contributed by atoms with E-state index in [9.17, 15) is 9.59 Å². The Labute approximate surface area is 189 Å². The molecule has 0 aliphatic carbocycles. The van der Waals surface area contributed by atoms with Gasteiger partial charge in [0.15, 0.2) is 0 Å². The molecule has 33 heavy (non-hydrogen) atoms. The van der Waals surface area contributed by atoms with Gasteiger partial charge < -0.3 is 24.7 Å². The molecule has 0 bridgehead atoms. The maximum atomic E-state index is 15.1. The second-order valence-electron chi connectivity index (χ2n) is 8.00. The summed E-state index contributed by atoms with van der Waals surface area (Å²) < 4.78 is 36.9. The van der Waals surface area contributed by atoms with Gasteiger partial charge in [-0.25, -0.2) is 18.6 Å². The van der Waals surface area contributed by atoms with Gasteiger partial charge in [0.05, 0.1) is 24.1 Å². The third kappa shape index (κ3) is 4.38. The zero-order valence-electron chi connectivity index (χ0n) is 18.6. The van der Waals surface area contributed by atoms with Crippen LogP contribution in [0.5, 0.6) is 0 Å². The number of benzene rings is 1. The molecular formula is C23H25F2N5O3. The van der Waals surface area contributed by atoms with Gasteiger partial charge in [-0.15, -0.1) is 0 Å². The lowest BCUT2D eigenvalue weighted by Gasteiger charge is -2.32. The van der Waals surface area contributed by atoms with Crippen molar-refractivity contribution in [3.63, 3.8) is 0 Å². The number of hydrogen-bond donors (Lipinski definition) is 2. The molecule has 1 fully saturated rings. The molecule has 4 rings (SSSR count). The highest BCUT2D eigenvalue weighted by atomic mass is 19.1. The number of hydrogen-bond acceptors (Lipinski definition) is 5. The molecule has 1 unspecified atom stereocenters. The van der Waals surface area contributed by atoms with E-state index in [2.05, 4.69) is 15.6 Å². The number of ether oxygens (including phenoxy) is 1. The minimum atomic E-state index is -0.872. The maximum Gasteiger partial charge on any atom is 0.409 e. The monoisotopic (exact) mass is 457 g/mol. The molecule has 2 amide bonds. The summed E-state index contributed by atoms with van der Waals surface area (Å²) in [4.78, 5) is 30.0. The van der Waals surface area contributed by atoms with Gasteiger partial charge in [0, 0.05) is 50.9 Å². The number of halogens is 2. The van der Waals surface area contributed by atoms with Crippen LogP contribution in [0.2, 0.25) is 0 Å². The Morgan fingerprint density at radius 2 is 2.00 bits per heavy atom. The van der Waals surface area contributed by atoms with Crippen LogP contribution in [0.3, 0.4) is 0 Å². The van der Waals surface area contributed by atoms with E-state index < -0.39 is 23.6 Å². The van der Waals surface area contributed by atoms with Gasteiger partial charge in [0.2, 0.25) is 0 Å². The molecule has 1 saturated heterocycles. The molecule has 1 aliphatic rings. The third-order valence-corrected chi connectivity index (χ3v) is 5.78. The molecule has 0 saturated carbocycles. The Kier molecular flexibility index (Phi) is 6.28. The number of rotatable bonds is 4. The minimum Gasteiger partial charge on any atom is -0.453 e. The number of imidazole rings is 1. The molecule has 1 aromatic carbocycles. The maximum absolute atomic E-state index is 15.1. The lowest BCUT2D eigenvalue weighted by atomic mass is 10.0. The lowest BCUT2D eigenvalue weighted by molar-refractivity contribution is 0.0962. The summed E-state index contributed by atoms with van der Waals surface area (Å²) in [5.74, 6) is -2.33. The molecule has 3 aromatic rings. The number of fused-ring (bicyclic) bond motifs is 1. The minimum absolute atomic E-state index is 0.111. The largest absolute Gasteiger partial charge is 0.453 e. The molecule has 10 heteroatoms. The van der Waals surface area contributed by atoms with Crippen LogP contribution >= 0.6 is 0 Å². The number of carbonyl (C=O) groups excluding carboxylic acids is 2. The van der Waals surface area contributed by atoms with E-state index >= 15 is 8.78 Å². The van der Waals surface area contributed by atoms with Crippen molar-refractivity contribution in [2.75, 3.05) is 33.8 Å². The quantitative estimate of drug-likeness (QED) is 0.629. The number of aryl methyl sites for hydroxylation is 1. The van der Waals surface area contributed by atoms with E-state index in [4.69, 9.17) is 4.74 Å². The van der Waals surface area contributed by atoms with Crippen molar-refractivity contribution in [1.29, 1.82) is 0 Å². The van der Waals surface area contributed by atoms with E-state index in [1.54, 1.807) is 9.30 Å². The molecule has 1 atom stereocenters. The summed E-state index contributed by atoms with van der Waals surface area (Å²) in [5, 5.41) is 5.71. The normalized spacial score (nSPS) is 16.2. The van der Waals surface area contributed by atoms with Crippen molar-refractivity contribution < 1.29 is 23.1 Å². The highest BCUT2D eigenvalue weighted by molar-refractivity contribution is 5.94. The fraction of sp³-hybridized carbons (Fsp3) is 0.348. The molecule has 2 aromatic heterocycles. The summed E-state index contributed by atoms with van der Waals surface area (Å²) in [7, 11) is 2.72. The number of amides is 2. The Hall–Kier alpha value is -3.53. The number of nitrogens with zero attached hydrogens (tertiary/aromatic N) is 3. The van der Waals surface area contributed by atoms with Crippen LogP contribution in [-0.4, -0.2) is 66.1 Å². The molecule has 8 nitrogen and oxygen atoms in total. The van der Waals surface area contributed by atoms with Crippen LogP contribution in [0.25, 0.3) is 16.9 Å². The average molecular weight is 457 g/mol. The zero-order valence-corrected chi connectivity index (χ0v) is 18.6. The van der Waals surface area contributed by atoms with Crippen LogP contribution in [0.15, 0.2) is 30.5 Å². The van der Waals surface area contributed by atoms with Crippen molar-refractivity contribution >= 4 is 17.6 Å². The highest BCUT2D eigenvalue weighted by Crippen LogP contribution is 2.31. The van der Waals surface area contributed by atoms with Gasteiger partial charge >= 0.3 is 6.09 Å². The summed E-state index contributed by atoms with van der Waals surface area (Å²) in [6.45, 7) is 3.36. The predicted molar refractivity (Wildman–Crippen MR) is 118 cm³/mol. The van der Waals surface area contributed by atoms with Crippen molar-refractivity contribution in [3.05, 3.63) is 58.9 Å². The molecule has 0 radical (unpaired) electrons. The van der Waals surface area contributed by atoms with Gasteiger partial charge in [-0.1, -0.05) is 0 Å². The van der Waals surface area contributed by atoms with Crippen LogP contribution in [0, 0.1) is 18.6 Å². The zero-order chi connectivity index (χ0) is 23.7. The lowest BCUT2D eigenvalue weighted by Crippen LogP contribution is -2.53. The average Bonchev–Trinajstić information content (AvgIpc) is 3.14. The van der Waals surface area contributed by atoms with Crippen LogP contribution < -0.4 is 10.6 Å². The van der Waals surface area contributed by atoms with E-state index in [0.717, 1.165) is 17.7 Å². The van der Waals surface area contributed by atoms with Crippen molar-refractivity contribution in [2.45, 2.75) is 19.4 Å². The molecule has 0 spiro atoms. The topological polar surface area (TPSA) is 88.0 Å². The Bertz CT molecular complexity index is 1200. The van der Waals surface area contributed by atoms with E-state index in [-0.39, 0.29) is 22.9 Å². The predicted octanol–water partition coefficient (Wildman–Crippen LogP) is 2.53. The summed E-state index contributed by atoms with van der Waals surface area (Å²) in [6.07, 6.45) is 1.76. The van der Waals surface area contributed by atoms with Gasteiger partial charge in [-0.05, 0) is 36.8 Å². The molecule has 3 heterocycles. The number of pyridine rings is 1. The van der Waals surface area contributed by atoms with Crippen LogP contribution in [0.4, 0.5) is 13.6 Å². The number of carbonyl (C=O) groups is 2. The van der Waals surface area contributed by atoms with E-state index in [1.807, 2.05) is 25.3 Å². The highest BCUT2D eigenvalue weighted by Gasteiger charge is 2.28. The first kappa shape index (κ1) is 22.7. The number of nitrogens with one attached hydrogen (secondary N) is 2. The van der Waals surface area contributed by atoms with E-state index in [0.29, 0.717) is 37.4 Å². The van der Waals surface area contributed by atoms with Crippen molar-refractivity contribution in [2.24, 2.45) is 0 Å². The molecule has 2 N–H and O–H groups in total. The molecular weight excluding hydrogens is 432 g/mol. The summed E-state index contributed by atoms with van der Waals surface area (Å²) in [5.41, 5.74) is 1.86. The Balaban J connectivity index is 1.79. The Morgan fingerprint density at radius 1 is 1.27 bits per heavy atom. The smallest absolute Gasteiger partial charge is 0.409 e.